The molecule has 48 heavy (non-hydrogen) atoms. The number of cyclic esters (lactones) is 1. The lowest BCUT2D eigenvalue weighted by Crippen LogP contribution is -2.60. The summed E-state index contributed by atoms with van der Waals surface area (Å²) >= 11 is 0. The van der Waals surface area contributed by atoms with Crippen molar-refractivity contribution in [3.63, 3.8) is 0 Å². The predicted molar refractivity (Wildman–Crippen MR) is 155 cm³/mol. The number of hydrogen-bond donors (Lipinski definition) is 8. The van der Waals surface area contributed by atoms with Gasteiger partial charge in [-0.3, -0.25) is 0 Å². The van der Waals surface area contributed by atoms with Crippen molar-refractivity contribution in [2.24, 2.45) is 11.8 Å². The van der Waals surface area contributed by atoms with Crippen LogP contribution in [-0.2, 0) is 38.0 Å². The van der Waals surface area contributed by atoms with Gasteiger partial charge < -0.3 is 74.0 Å². The minimum Gasteiger partial charge on any atom is -0.471 e. The number of aliphatic hydroxyl groups excluding tert-OH is 8. The summed E-state index contributed by atoms with van der Waals surface area (Å²) in [5.41, 5.74) is 0.658. The Morgan fingerprint density at radius 1 is 0.854 bits per heavy atom. The minimum absolute atomic E-state index is 0.00424. The van der Waals surface area contributed by atoms with Crippen molar-refractivity contribution in [3.05, 3.63) is 60.4 Å². The first-order valence-electron chi connectivity index (χ1n) is 15.1. The van der Waals surface area contributed by atoms with E-state index in [9.17, 15) is 50.4 Å². The number of rotatable bonds is 10. The molecular weight excluding hydrogens is 644 g/mol. The van der Waals surface area contributed by atoms with E-state index >= 15 is 0 Å². The Morgan fingerprint density at radius 3 is 2.06 bits per heavy atom. The van der Waals surface area contributed by atoms with E-state index < -0.39 is 111 Å². The van der Waals surface area contributed by atoms with E-state index in [4.69, 9.17) is 33.2 Å². The van der Waals surface area contributed by atoms with Crippen molar-refractivity contribution in [1.82, 2.24) is 0 Å². The topological polar surface area (TPSA) is 261 Å². The van der Waals surface area contributed by atoms with E-state index in [1.165, 1.54) is 24.3 Å². The van der Waals surface area contributed by atoms with Crippen LogP contribution in [0.2, 0.25) is 0 Å². The van der Waals surface area contributed by atoms with Gasteiger partial charge in [0.25, 0.3) is 0 Å². The molecule has 4 heterocycles. The van der Waals surface area contributed by atoms with Gasteiger partial charge >= 0.3 is 11.9 Å². The smallest absolute Gasteiger partial charge is 0.340 e. The third-order valence-electron chi connectivity index (χ3n) is 8.46. The lowest BCUT2D eigenvalue weighted by atomic mass is 9.80. The average Bonchev–Trinajstić information content (AvgIpc) is 3.08. The highest BCUT2D eigenvalue weighted by atomic mass is 16.8. The molecule has 17 nitrogen and oxygen atoms in total. The minimum atomic E-state index is -1.69. The second-order valence-electron chi connectivity index (χ2n) is 11.6. The summed E-state index contributed by atoms with van der Waals surface area (Å²) in [5, 5.41) is 79.3. The van der Waals surface area contributed by atoms with Crippen molar-refractivity contribution < 1.29 is 83.6 Å². The molecule has 0 aliphatic carbocycles. The van der Waals surface area contributed by atoms with Crippen molar-refractivity contribution in [2.75, 3.05) is 13.2 Å². The number of fused-ring (bicyclic) bond motifs is 1. The molecule has 8 N–H and O–H groups in total. The monoisotopic (exact) mass is 682 g/mol. The van der Waals surface area contributed by atoms with E-state index in [1.807, 2.05) is 0 Å². The summed E-state index contributed by atoms with van der Waals surface area (Å²) < 4.78 is 38.2. The van der Waals surface area contributed by atoms with E-state index in [1.54, 1.807) is 12.1 Å². The van der Waals surface area contributed by atoms with Gasteiger partial charge in [-0.25, -0.2) is 9.59 Å². The molecule has 3 saturated heterocycles. The zero-order chi connectivity index (χ0) is 34.7. The summed E-state index contributed by atoms with van der Waals surface area (Å²) in [6.07, 6.45) is -12.3. The molecule has 0 saturated carbocycles. The second kappa shape index (κ2) is 15.4. The standard InChI is InChI=1S/C31H38O17/c1-2-15-16-9-21(47-28(41)17(16)12-42-29(15)48-31-27(40)25(38)23(36)19(11-33)45-31)46-20(34)8-5-13-3-6-14(7-4-13)43-30-26(39)24(37)22(35)18(10-32)44-30/h2-8,12,15-16,18-19,21-27,29-33,35-40H,1,9-11H2/b8-5+/t15-,16+,18-,19-,21+,22-,23-,24+,25+,26-,27-,29+,30-,31+/m1/s1. The fourth-order valence-electron chi connectivity index (χ4n) is 5.71. The van der Waals surface area contributed by atoms with Crippen LogP contribution in [0.5, 0.6) is 5.75 Å². The zero-order valence-electron chi connectivity index (χ0n) is 25.3. The number of benzene rings is 1. The van der Waals surface area contributed by atoms with Crippen molar-refractivity contribution in [2.45, 2.75) is 80.4 Å². The SMILES string of the molecule is C=C[C@H]1[C@H](O[C@@H]2O[C@H](CO)[C@@H](O)[C@H](O)[C@H]2O)OC=C2C(=O)O[C@H](OC(=O)/C=C/c3ccc(O[C@@H]4O[C@H](CO)[C@@H](O)[C@H](O)[C@H]4O)cc3)C[C@H]21. The van der Waals surface area contributed by atoms with Gasteiger partial charge in [0.15, 0.2) is 6.29 Å². The van der Waals surface area contributed by atoms with Crippen LogP contribution in [0.3, 0.4) is 0 Å². The molecule has 0 radical (unpaired) electrons. The number of esters is 2. The molecule has 0 aromatic heterocycles. The van der Waals surface area contributed by atoms with Crippen LogP contribution < -0.4 is 4.74 Å². The van der Waals surface area contributed by atoms with Gasteiger partial charge in [0.05, 0.1) is 25.0 Å². The Labute approximate surface area is 273 Å². The van der Waals surface area contributed by atoms with Crippen molar-refractivity contribution in [3.8, 4) is 5.75 Å². The van der Waals surface area contributed by atoms with Crippen LogP contribution in [-0.4, -0.2) is 140 Å². The van der Waals surface area contributed by atoms with Gasteiger partial charge in [0, 0.05) is 24.3 Å². The Bertz CT molecular complexity index is 1340. The number of aliphatic hydroxyl groups is 8. The molecule has 3 fully saturated rings. The molecule has 4 aliphatic heterocycles. The quantitative estimate of drug-likeness (QED) is 0.0702. The van der Waals surface area contributed by atoms with Gasteiger partial charge in [-0.2, -0.15) is 0 Å². The number of carbonyl (C=O) groups is 2. The molecule has 17 heteroatoms. The summed E-state index contributed by atoms with van der Waals surface area (Å²) in [7, 11) is 0. The average molecular weight is 683 g/mol. The zero-order valence-corrected chi connectivity index (χ0v) is 25.3. The third-order valence-corrected chi connectivity index (χ3v) is 8.46. The highest BCUT2D eigenvalue weighted by Crippen LogP contribution is 2.41. The predicted octanol–water partition coefficient (Wildman–Crippen LogP) is -2.83. The lowest BCUT2D eigenvalue weighted by Gasteiger charge is -2.44. The van der Waals surface area contributed by atoms with Gasteiger partial charge in [-0.05, 0) is 23.8 Å². The van der Waals surface area contributed by atoms with E-state index in [-0.39, 0.29) is 17.7 Å². The van der Waals surface area contributed by atoms with Crippen LogP contribution >= 0.6 is 0 Å². The highest BCUT2D eigenvalue weighted by Gasteiger charge is 2.50. The fraction of sp³-hybridized carbons (Fsp3) is 0.548. The van der Waals surface area contributed by atoms with Crippen LogP contribution in [0, 0.1) is 11.8 Å². The molecule has 264 valence electrons. The number of hydrogen-bond acceptors (Lipinski definition) is 17. The molecule has 0 spiro atoms. The summed E-state index contributed by atoms with van der Waals surface area (Å²) in [4.78, 5) is 25.4. The first kappa shape index (κ1) is 35.8. The van der Waals surface area contributed by atoms with Crippen molar-refractivity contribution in [1.29, 1.82) is 0 Å². The Balaban J connectivity index is 1.17. The van der Waals surface area contributed by atoms with Crippen LogP contribution in [0.25, 0.3) is 6.08 Å². The van der Waals surface area contributed by atoms with Crippen LogP contribution in [0.4, 0.5) is 0 Å². The third kappa shape index (κ3) is 7.56. The maximum atomic E-state index is 12.8. The molecule has 0 unspecified atom stereocenters. The van der Waals surface area contributed by atoms with Crippen molar-refractivity contribution >= 4 is 18.0 Å². The maximum Gasteiger partial charge on any atom is 0.340 e. The second-order valence-corrected chi connectivity index (χ2v) is 11.6. The Kier molecular flexibility index (Phi) is 11.5. The lowest BCUT2D eigenvalue weighted by molar-refractivity contribution is -0.340. The molecule has 14 atom stereocenters. The maximum absolute atomic E-state index is 12.8. The Morgan fingerprint density at radius 2 is 1.46 bits per heavy atom. The summed E-state index contributed by atoms with van der Waals surface area (Å²) in [6.45, 7) is 2.51. The highest BCUT2D eigenvalue weighted by molar-refractivity contribution is 5.90. The summed E-state index contributed by atoms with van der Waals surface area (Å²) in [6, 6.07) is 6.11. The van der Waals surface area contributed by atoms with Crippen LogP contribution in [0.15, 0.2) is 54.8 Å². The fourth-order valence-corrected chi connectivity index (χ4v) is 5.71. The molecule has 0 amide bonds. The number of carbonyl (C=O) groups excluding carboxylic acids is 2. The van der Waals surface area contributed by atoms with E-state index in [2.05, 4.69) is 6.58 Å². The van der Waals surface area contributed by atoms with Gasteiger partial charge in [0.1, 0.15) is 54.6 Å². The molecule has 5 rings (SSSR count). The van der Waals surface area contributed by atoms with Gasteiger partial charge in [-0.1, -0.05) is 18.2 Å². The van der Waals surface area contributed by atoms with Crippen LogP contribution in [0.1, 0.15) is 12.0 Å². The first-order valence-corrected chi connectivity index (χ1v) is 15.1. The van der Waals surface area contributed by atoms with Gasteiger partial charge in [-0.15, -0.1) is 6.58 Å². The molecule has 0 bridgehead atoms. The van der Waals surface area contributed by atoms with E-state index in [0.29, 0.717) is 5.56 Å². The normalized spacial score (nSPS) is 39.8. The molecular formula is C31H38O17. The number of ether oxygens (including phenoxy) is 7. The molecule has 1 aromatic carbocycles. The molecule has 4 aliphatic rings. The summed E-state index contributed by atoms with van der Waals surface area (Å²) in [5.74, 6) is -2.82. The first-order chi connectivity index (χ1) is 22.9. The molecule has 1 aromatic rings. The largest absolute Gasteiger partial charge is 0.471 e. The van der Waals surface area contributed by atoms with Gasteiger partial charge in [0.2, 0.25) is 18.9 Å². The Hall–Kier alpha value is -3.46. The van der Waals surface area contributed by atoms with E-state index in [0.717, 1.165) is 12.3 Å².